The topological polar surface area (TPSA) is 108 Å². The van der Waals surface area contributed by atoms with Crippen molar-refractivity contribution < 1.29 is 19.7 Å². The summed E-state index contributed by atoms with van der Waals surface area (Å²) < 4.78 is 13.4. The molecule has 2 rings (SSSR count). The van der Waals surface area contributed by atoms with Gasteiger partial charge in [0.15, 0.2) is 5.76 Å². The summed E-state index contributed by atoms with van der Waals surface area (Å²) in [5.41, 5.74) is 0.127. The molecule has 3 N–H and O–H groups in total. The number of rotatable bonds is 1. The van der Waals surface area contributed by atoms with Crippen LogP contribution in [0, 0.1) is 22.7 Å². The van der Waals surface area contributed by atoms with Gasteiger partial charge in [-0.1, -0.05) is 6.08 Å². The summed E-state index contributed by atoms with van der Waals surface area (Å²) in [5.74, 6) is -5.01. The Morgan fingerprint density at radius 3 is 2.45 bits per heavy atom. The van der Waals surface area contributed by atoms with Crippen LogP contribution in [-0.2, 0) is 0 Å². The normalized spacial score (nSPS) is 24.6. The lowest BCUT2D eigenvalue weighted by molar-refractivity contribution is -0.0409. The number of allylic oxidation sites excluding steroid dienone is 2. The monoisotopic (exact) mass is 272 g/mol. The number of hydrogen-bond donors (Lipinski definition) is 3. The number of phenolic OH excluding ortho intramolecular Hbond substituents is 1. The zero-order chi connectivity index (χ0) is 14.9. The van der Waals surface area contributed by atoms with Crippen molar-refractivity contribution in [1.29, 1.82) is 10.5 Å². The first-order valence-electron chi connectivity index (χ1n) is 5.58. The minimum atomic E-state index is -2.97. The smallest absolute Gasteiger partial charge is 0.283 e. The molecule has 0 radical (unpaired) electrons. The van der Waals surface area contributed by atoms with Crippen LogP contribution < -0.4 is 0 Å². The number of benzene rings is 1. The second-order valence-corrected chi connectivity index (χ2v) is 4.25. The van der Waals surface area contributed by atoms with Gasteiger partial charge in [-0.3, -0.25) is 0 Å². The molecule has 6 heteroatoms. The zero-order valence-corrected chi connectivity index (χ0v) is 10.1. The predicted octanol–water partition coefficient (Wildman–Crippen LogP) is 1.89. The van der Waals surface area contributed by atoms with Crippen LogP contribution in [0.2, 0.25) is 0 Å². The molecule has 0 spiro atoms. The third kappa shape index (κ3) is 2.09. The molecule has 1 aromatic rings. The molecule has 1 aliphatic rings. The molecule has 0 saturated carbocycles. The lowest BCUT2D eigenvalue weighted by Crippen LogP contribution is -2.25. The molecule has 2 atom stereocenters. The Balaban J connectivity index is 2.64. The van der Waals surface area contributed by atoms with E-state index in [0.29, 0.717) is 0 Å². The van der Waals surface area contributed by atoms with E-state index in [1.165, 1.54) is 18.2 Å². The Labute approximate surface area is 113 Å². The predicted molar refractivity (Wildman–Crippen MR) is 66.2 cm³/mol. The van der Waals surface area contributed by atoms with Crippen molar-refractivity contribution in [2.75, 3.05) is 0 Å². The largest absolute Gasteiger partial charge is 0.507 e. The van der Waals surface area contributed by atoms with Crippen LogP contribution in [0.5, 0.6) is 5.75 Å². The van der Waals surface area contributed by atoms with Crippen molar-refractivity contribution in [3.63, 3.8) is 0 Å². The summed E-state index contributed by atoms with van der Waals surface area (Å²) in [6.07, 6.45) is 2.91. The van der Waals surface area contributed by atoms with Crippen molar-refractivity contribution in [3.05, 3.63) is 52.8 Å². The molecule has 0 fully saturated rings. The maximum Gasteiger partial charge on any atom is 0.283 e. The molecule has 0 aromatic heterocycles. The van der Waals surface area contributed by atoms with Gasteiger partial charge >= 0.3 is 0 Å². The first-order valence-corrected chi connectivity index (χ1v) is 5.58. The molecule has 0 saturated heterocycles. The quantitative estimate of drug-likeness (QED) is 0.676. The molecule has 5 nitrogen and oxygen atoms in total. The van der Waals surface area contributed by atoms with E-state index in [4.69, 9.17) is 15.6 Å². The number of nitriles is 2. The van der Waals surface area contributed by atoms with Crippen LogP contribution in [0.3, 0.4) is 0 Å². The van der Waals surface area contributed by atoms with Gasteiger partial charge in [0.25, 0.3) is 5.85 Å². The molecule has 0 bridgehead atoms. The highest BCUT2D eigenvalue weighted by Crippen LogP contribution is 2.36. The van der Waals surface area contributed by atoms with Crippen LogP contribution >= 0.6 is 0 Å². The van der Waals surface area contributed by atoms with Crippen LogP contribution in [0.15, 0.2) is 36.1 Å². The number of nitrogens with zero attached hydrogens (tertiary/aromatic N) is 2. The second-order valence-electron chi connectivity index (χ2n) is 4.25. The van der Waals surface area contributed by atoms with Gasteiger partial charge in [-0.25, -0.2) is 0 Å². The fourth-order valence-corrected chi connectivity index (χ4v) is 2.01. The minimum absolute atomic E-state index is 0.113. The van der Waals surface area contributed by atoms with E-state index < -0.39 is 17.5 Å². The first-order chi connectivity index (χ1) is 9.40. The Bertz CT molecular complexity index is 708. The van der Waals surface area contributed by atoms with E-state index in [0.717, 1.165) is 12.2 Å². The van der Waals surface area contributed by atoms with E-state index >= 15 is 0 Å². The van der Waals surface area contributed by atoms with Crippen LogP contribution in [0.1, 0.15) is 22.6 Å². The summed E-state index contributed by atoms with van der Waals surface area (Å²) >= 11 is 0. The van der Waals surface area contributed by atoms with Crippen molar-refractivity contribution in [2.24, 2.45) is 0 Å². The van der Waals surface area contributed by atoms with Gasteiger partial charge in [0.05, 0.1) is 17.2 Å². The van der Waals surface area contributed by atoms with E-state index in [-0.39, 0.29) is 22.4 Å². The van der Waals surface area contributed by atoms with Gasteiger partial charge in [0, 0.05) is 11.5 Å². The Morgan fingerprint density at radius 2 is 1.90 bits per heavy atom. The fourth-order valence-electron chi connectivity index (χ4n) is 2.01. The minimum Gasteiger partial charge on any atom is -0.507 e. The van der Waals surface area contributed by atoms with Crippen molar-refractivity contribution in [2.45, 2.75) is 11.8 Å². The van der Waals surface area contributed by atoms with Gasteiger partial charge in [-0.15, -0.1) is 0 Å². The maximum atomic E-state index is 13.4. The highest BCUT2D eigenvalue weighted by Gasteiger charge is 2.33. The number of halogens is 1. The zero-order valence-electron chi connectivity index (χ0n) is 10.1. The summed E-state index contributed by atoms with van der Waals surface area (Å²) in [6.45, 7) is 0. The summed E-state index contributed by atoms with van der Waals surface area (Å²) in [5, 5.41) is 46.4. The van der Waals surface area contributed by atoms with Gasteiger partial charge in [0.1, 0.15) is 11.8 Å². The molecule has 0 amide bonds. The number of aliphatic hydroxyl groups is 2. The third-order valence-electron chi connectivity index (χ3n) is 3.01. The Hall–Kier alpha value is -2.83. The van der Waals surface area contributed by atoms with Crippen LogP contribution in [0.25, 0.3) is 0 Å². The van der Waals surface area contributed by atoms with Crippen LogP contribution in [-0.4, -0.2) is 21.2 Å². The standard InChI is InChI=1S/C14H9FN2O3/c15-14(20)4-3-8(5-12(14)19)13-9(6-16)1-2-11(18)10(13)7-17/h1-5,8,18-20H. The summed E-state index contributed by atoms with van der Waals surface area (Å²) in [7, 11) is 0. The number of phenols is 1. The molecule has 0 aliphatic heterocycles. The molecule has 1 aliphatic carbocycles. The fraction of sp³-hybridized carbons (Fsp3) is 0.143. The Morgan fingerprint density at radius 1 is 1.20 bits per heavy atom. The highest BCUT2D eigenvalue weighted by molar-refractivity contribution is 5.59. The number of aliphatic hydroxyl groups excluding tert-OH is 1. The lowest BCUT2D eigenvalue weighted by Gasteiger charge is -2.22. The third-order valence-corrected chi connectivity index (χ3v) is 3.01. The van der Waals surface area contributed by atoms with E-state index in [2.05, 4.69) is 0 Å². The van der Waals surface area contributed by atoms with E-state index in [1.807, 2.05) is 6.07 Å². The number of hydrogen-bond acceptors (Lipinski definition) is 5. The van der Waals surface area contributed by atoms with E-state index in [1.54, 1.807) is 6.07 Å². The molecule has 100 valence electrons. The lowest BCUT2D eigenvalue weighted by atomic mass is 9.86. The van der Waals surface area contributed by atoms with Crippen molar-refractivity contribution >= 4 is 0 Å². The van der Waals surface area contributed by atoms with E-state index in [9.17, 15) is 14.6 Å². The average Bonchev–Trinajstić information content (AvgIpc) is 2.41. The molecule has 2 unspecified atom stereocenters. The maximum absolute atomic E-state index is 13.4. The molecule has 20 heavy (non-hydrogen) atoms. The van der Waals surface area contributed by atoms with Crippen LogP contribution in [0.4, 0.5) is 4.39 Å². The highest BCUT2D eigenvalue weighted by atomic mass is 19.2. The molecule has 1 aromatic carbocycles. The van der Waals surface area contributed by atoms with Gasteiger partial charge in [-0.05, 0) is 24.3 Å². The van der Waals surface area contributed by atoms with Crippen molar-refractivity contribution in [3.8, 4) is 17.9 Å². The summed E-state index contributed by atoms with van der Waals surface area (Å²) in [6, 6.07) is 6.17. The molecule has 0 heterocycles. The summed E-state index contributed by atoms with van der Waals surface area (Å²) in [4.78, 5) is 0. The van der Waals surface area contributed by atoms with Crippen molar-refractivity contribution in [1.82, 2.24) is 0 Å². The average molecular weight is 272 g/mol. The van der Waals surface area contributed by atoms with Gasteiger partial charge < -0.3 is 15.3 Å². The number of alkyl halides is 1. The van der Waals surface area contributed by atoms with Gasteiger partial charge in [0.2, 0.25) is 0 Å². The van der Waals surface area contributed by atoms with Gasteiger partial charge in [-0.2, -0.15) is 14.9 Å². The number of aromatic hydroxyl groups is 1. The first kappa shape index (κ1) is 13.6. The molecular weight excluding hydrogens is 263 g/mol. The SMILES string of the molecule is N#Cc1ccc(O)c(C#N)c1C1C=CC(O)(F)C(O)=C1. The Kier molecular flexibility index (Phi) is 3.19. The molecular formula is C14H9FN2O3. The second kappa shape index (κ2) is 4.69.